The summed E-state index contributed by atoms with van der Waals surface area (Å²) in [5.74, 6) is -0.102. The van der Waals surface area contributed by atoms with Crippen LogP contribution in [0.2, 0.25) is 0 Å². The van der Waals surface area contributed by atoms with Crippen LogP contribution in [0.3, 0.4) is 0 Å². The van der Waals surface area contributed by atoms with Crippen LogP contribution >= 0.6 is 11.3 Å². The lowest BCUT2D eigenvalue weighted by Crippen LogP contribution is -2.52. The molecule has 3 amide bonds. The highest BCUT2D eigenvalue weighted by molar-refractivity contribution is 7.10. The van der Waals surface area contributed by atoms with Crippen LogP contribution in [0.4, 0.5) is 4.79 Å². The van der Waals surface area contributed by atoms with Gasteiger partial charge in [-0.1, -0.05) is 18.9 Å². The molecule has 21 heavy (non-hydrogen) atoms. The number of carbonyl (C=O) groups is 2. The molecule has 0 aromatic carbocycles. The summed E-state index contributed by atoms with van der Waals surface area (Å²) in [7, 11) is 0. The lowest BCUT2D eigenvalue weighted by Gasteiger charge is -2.29. The van der Waals surface area contributed by atoms with Crippen LogP contribution in [0.15, 0.2) is 17.5 Å². The molecule has 116 valence electrons. The van der Waals surface area contributed by atoms with Crippen molar-refractivity contribution < 1.29 is 9.59 Å². The van der Waals surface area contributed by atoms with Crippen LogP contribution in [0.5, 0.6) is 0 Å². The topological polar surface area (TPSA) is 110 Å². The normalized spacial score (nSPS) is 18.1. The van der Waals surface area contributed by atoms with Gasteiger partial charge in [0, 0.05) is 11.4 Å². The average molecular weight is 310 g/mol. The van der Waals surface area contributed by atoms with Crippen molar-refractivity contribution in [2.24, 2.45) is 11.5 Å². The van der Waals surface area contributed by atoms with Gasteiger partial charge in [0.2, 0.25) is 5.91 Å². The van der Waals surface area contributed by atoms with Crippen LogP contribution < -0.4 is 22.1 Å². The smallest absolute Gasteiger partial charge is 0.312 e. The van der Waals surface area contributed by atoms with Crippen LogP contribution in [0, 0.1) is 0 Å². The summed E-state index contributed by atoms with van der Waals surface area (Å²) in [6, 6.07) is 2.74. The molecule has 6 nitrogen and oxygen atoms in total. The second-order valence-corrected chi connectivity index (χ2v) is 6.50. The molecule has 1 aromatic heterocycles. The van der Waals surface area contributed by atoms with Gasteiger partial charge in [0.15, 0.2) is 0 Å². The minimum absolute atomic E-state index is 0.102. The fourth-order valence-corrected chi connectivity index (χ4v) is 3.63. The van der Waals surface area contributed by atoms with Gasteiger partial charge >= 0.3 is 6.03 Å². The minimum Gasteiger partial charge on any atom is -0.352 e. The lowest BCUT2D eigenvalue weighted by atomic mass is 9.97. The lowest BCUT2D eigenvalue weighted by molar-refractivity contribution is -0.123. The standard InChI is InChI=1S/C14H22N4O2S/c15-9-14(5-1-2-6-14)18-12(19)8-10(17-13(16)20)11-4-3-7-21-11/h3-4,7,10H,1-2,5-6,8-9,15H2,(H,18,19)(H3,16,17,20). The predicted molar refractivity (Wildman–Crippen MR) is 82.8 cm³/mol. The van der Waals surface area contributed by atoms with E-state index in [1.807, 2.05) is 17.5 Å². The summed E-state index contributed by atoms with van der Waals surface area (Å²) in [6.45, 7) is 0.450. The third kappa shape index (κ3) is 4.18. The van der Waals surface area contributed by atoms with Gasteiger partial charge in [0.05, 0.1) is 18.0 Å². The van der Waals surface area contributed by atoms with E-state index in [1.165, 1.54) is 11.3 Å². The first-order valence-corrected chi connectivity index (χ1v) is 8.03. The van der Waals surface area contributed by atoms with Crippen LogP contribution in [0.25, 0.3) is 0 Å². The largest absolute Gasteiger partial charge is 0.352 e. The van der Waals surface area contributed by atoms with Gasteiger partial charge in [0.1, 0.15) is 0 Å². The molecule has 1 heterocycles. The molecule has 0 spiro atoms. The van der Waals surface area contributed by atoms with E-state index in [-0.39, 0.29) is 17.9 Å². The Bertz CT molecular complexity index is 483. The summed E-state index contributed by atoms with van der Waals surface area (Å²) in [6.07, 6.45) is 4.19. The van der Waals surface area contributed by atoms with E-state index in [0.29, 0.717) is 6.54 Å². The maximum atomic E-state index is 12.3. The number of carbonyl (C=O) groups excluding carboxylic acids is 2. The molecule has 0 radical (unpaired) electrons. The van der Waals surface area contributed by atoms with Crippen LogP contribution in [-0.4, -0.2) is 24.0 Å². The van der Waals surface area contributed by atoms with E-state index in [4.69, 9.17) is 11.5 Å². The number of hydrogen-bond acceptors (Lipinski definition) is 4. The Hall–Kier alpha value is -1.60. The number of nitrogens with one attached hydrogen (secondary N) is 2. The highest BCUT2D eigenvalue weighted by atomic mass is 32.1. The van der Waals surface area contributed by atoms with Crippen molar-refractivity contribution in [3.05, 3.63) is 22.4 Å². The van der Waals surface area contributed by atoms with Crippen molar-refractivity contribution in [3.8, 4) is 0 Å². The Kier molecular flexibility index (Phi) is 5.19. The number of urea groups is 1. The van der Waals surface area contributed by atoms with Gasteiger partial charge in [0.25, 0.3) is 0 Å². The molecule has 6 N–H and O–H groups in total. The van der Waals surface area contributed by atoms with E-state index < -0.39 is 12.1 Å². The highest BCUT2D eigenvalue weighted by Gasteiger charge is 2.34. The van der Waals surface area contributed by atoms with Crippen molar-refractivity contribution in [2.45, 2.75) is 43.7 Å². The first kappa shape index (κ1) is 15.8. The first-order chi connectivity index (χ1) is 10.0. The summed E-state index contributed by atoms with van der Waals surface area (Å²) < 4.78 is 0. The number of nitrogens with two attached hydrogens (primary N) is 2. The molecule has 1 unspecified atom stereocenters. The quantitative estimate of drug-likeness (QED) is 0.634. The Morgan fingerprint density at radius 2 is 2.10 bits per heavy atom. The SMILES string of the molecule is NCC1(NC(=O)CC(NC(N)=O)c2cccs2)CCCC1. The van der Waals surface area contributed by atoms with Gasteiger partial charge in [-0.25, -0.2) is 4.79 Å². The van der Waals surface area contributed by atoms with Gasteiger partial charge in [-0.2, -0.15) is 0 Å². The molecule has 0 saturated heterocycles. The monoisotopic (exact) mass is 310 g/mol. The molecule has 1 aliphatic rings. The van der Waals surface area contributed by atoms with Gasteiger partial charge in [-0.3, -0.25) is 4.79 Å². The molecule has 7 heteroatoms. The summed E-state index contributed by atoms with van der Waals surface area (Å²) >= 11 is 1.49. The zero-order chi connectivity index (χ0) is 15.3. The van der Waals surface area contributed by atoms with Crippen molar-refractivity contribution in [3.63, 3.8) is 0 Å². The molecule has 2 rings (SSSR count). The maximum Gasteiger partial charge on any atom is 0.312 e. The van der Waals surface area contributed by atoms with Crippen LogP contribution in [0.1, 0.15) is 43.0 Å². The van der Waals surface area contributed by atoms with Crippen molar-refractivity contribution in [2.75, 3.05) is 6.54 Å². The van der Waals surface area contributed by atoms with E-state index >= 15 is 0 Å². The van der Waals surface area contributed by atoms with Crippen molar-refractivity contribution >= 4 is 23.3 Å². The Labute approximate surface area is 128 Å². The van der Waals surface area contributed by atoms with E-state index in [2.05, 4.69) is 10.6 Å². The maximum absolute atomic E-state index is 12.3. The van der Waals surface area contributed by atoms with Crippen LogP contribution in [-0.2, 0) is 4.79 Å². The zero-order valence-electron chi connectivity index (χ0n) is 11.9. The second-order valence-electron chi connectivity index (χ2n) is 5.52. The molecule has 1 fully saturated rings. The molecule has 1 aromatic rings. The zero-order valence-corrected chi connectivity index (χ0v) is 12.7. The second kappa shape index (κ2) is 6.91. The number of rotatable bonds is 6. The van der Waals surface area contributed by atoms with E-state index in [0.717, 1.165) is 30.6 Å². The third-order valence-electron chi connectivity index (χ3n) is 3.95. The Morgan fingerprint density at radius 1 is 1.38 bits per heavy atom. The molecule has 0 aliphatic heterocycles. The molecule has 1 aliphatic carbocycles. The molecular formula is C14H22N4O2S. The third-order valence-corrected chi connectivity index (χ3v) is 4.93. The summed E-state index contributed by atoms with van der Waals surface area (Å²) in [5.41, 5.74) is 10.7. The van der Waals surface area contributed by atoms with Gasteiger partial charge in [-0.05, 0) is 24.3 Å². The average Bonchev–Trinajstić information content (AvgIpc) is 3.09. The predicted octanol–water partition coefficient (Wildman–Crippen LogP) is 1.24. The highest BCUT2D eigenvalue weighted by Crippen LogP contribution is 2.29. The Balaban J connectivity index is 1.99. The fourth-order valence-electron chi connectivity index (χ4n) is 2.85. The molecule has 1 atom stereocenters. The van der Waals surface area contributed by atoms with Crippen molar-refractivity contribution in [1.29, 1.82) is 0 Å². The number of thiophene rings is 1. The van der Waals surface area contributed by atoms with Crippen molar-refractivity contribution in [1.82, 2.24) is 10.6 Å². The summed E-state index contributed by atoms with van der Waals surface area (Å²) in [5, 5.41) is 7.59. The number of amides is 3. The van der Waals surface area contributed by atoms with E-state index in [9.17, 15) is 9.59 Å². The summed E-state index contributed by atoms with van der Waals surface area (Å²) in [4.78, 5) is 24.3. The molecular weight excluding hydrogens is 288 g/mol. The van der Waals surface area contributed by atoms with Gasteiger partial charge in [-0.15, -0.1) is 11.3 Å². The molecule has 1 saturated carbocycles. The minimum atomic E-state index is -0.629. The number of hydrogen-bond donors (Lipinski definition) is 4. The molecule has 0 bridgehead atoms. The first-order valence-electron chi connectivity index (χ1n) is 7.15. The Morgan fingerprint density at radius 3 is 2.62 bits per heavy atom. The number of primary amides is 1. The van der Waals surface area contributed by atoms with E-state index in [1.54, 1.807) is 0 Å². The van der Waals surface area contributed by atoms with Gasteiger partial charge < -0.3 is 22.1 Å². The fraction of sp³-hybridized carbons (Fsp3) is 0.571.